The van der Waals surface area contributed by atoms with Crippen molar-refractivity contribution in [3.05, 3.63) is 76.6 Å². The van der Waals surface area contributed by atoms with E-state index >= 15 is 0 Å². The number of likely N-dealkylation sites (tertiary alicyclic amines) is 1. The number of guanidine groups is 1. The van der Waals surface area contributed by atoms with Gasteiger partial charge in [0.2, 0.25) is 5.91 Å². The van der Waals surface area contributed by atoms with Gasteiger partial charge in [-0.3, -0.25) is 9.59 Å². The van der Waals surface area contributed by atoms with E-state index in [9.17, 15) is 9.59 Å². The summed E-state index contributed by atoms with van der Waals surface area (Å²) in [6.07, 6.45) is 1.74. The summed E-state index contributed by atoms with van der Waals surface area (Å²) in [6, 6.07) is 17.6. The number of nitrogen functional groups attached to an aromatic ring is 2. The third-order valence-corrected chi connectivity index (χ3v) is 7.18. The lowest BCUT2D eigenvalue weighted by Crippen LogP contribution is -2.54. The number of nitrogens with two attached hydrogens (primary N) is 2. The van der Waals surface area contributed by atoms with Gasteiger partial charge in [-0.25, -0.2) is 9.97 Å². The highest BCUT2D eigenvalue weighted by Crippen LogP contribution is 2.26. The number of aromatic nitrogens is 2. The molecular weight excluding hydrogens is 520 g/mol. The summed E-state index contributed by atoms with van der Waals surface area (Å²) in [4.78, 5) is 39.2. The summed E-state index contributed by atoms with van der Waals surface area (Å²) in [5, 5.41) is 6.33. The van der Waals surface area contributed by atoms with Crippen LogP contribution in [-0.4, -0.2) is 57.8 Å². The number of benzene rings is 2. The first-order chi connectivity index (χ1) is 18.8. The number of nitrogens with one attached hydrogen (secondary N) is 2. The first-order valence-corrected chi connectivity index (χ1v) is 12.9. The van der Waals surface area contributed by atoms with Gasteiger partial charge in [0.15, 0.2) is 28.4 Å². The molecule has 2 saturated heterocycles. The molecule has 2 aliphatic rings. The average Bonchev–Trinajstić information content (AvgIpc) is 3.32. The quantitative estimate of drug-likeness (QED) is 0.362. The predicted molar refractivity (Wildman–Crippen MR) is 148 cm³/mol. The Morgan fingerprint density at radius 2 is 1.72 bits per heavy atom. The smallest absolute Gasteiger partial charge is 0.302 e. The Morgan fingerprint density at radius 3 is 2.44 bits per heavy atom. The van der Waals surface area contributed by atoms with E-state index in [-0.39, 0.29) is 33.9 Å². The average molecular weight is 549 g/mol. The number of anilines is 2. The molecule has 0 radical (unpaired) electrons. The van der Waals surface area contributed by atoms with Crippen LogP contribution in [0.4, 0.5) is 11.6 Å². The lowest BCUT2D eigenvalue weighted by atomic mass is 9.88. The minimum absolute atomic E-state index is 0.0550. The van der Waals surface area contributed by atoms with Crippen LogP contribution in [0.2, 0.25) is 5.15 Å². The van der Waals surface area contributed by atoms with Crippen molar-refractivity contribution < 1.29 is 14.3 Å². The van der Waals surface area contributed by atoms with Crippen molar-refractivity contribution in [3.63, 3.8) is 0 Å². The van der Waals surface area contributed by atoms with Crippen LogP contribution < -0.4 is 26.8 Å². The highest BCUT2D eigenvalue weighted by molar-refractivity contribution is 6.31. The third-order valence-electron chi connectivity index (χ3n) is 6.90. The molecule has 0 aliphatic carbocycles. The van der Waals surface area contributed by atoms with E-state index in [0.29, 0.717) is 51.5 Å². The predicted octanol–water partition coefficient (Wildman–Crippen LogP) is 2.17. The van der Waals surface area contributed by atoms with Gasteiger partial charge in [-0.15, -0.1) is 0 Å². The molecule has 5 rings (SSSR count). The van der Waals surface area contributed by atoms with Crippen LogP contribution in [-0.2, 0) is 17.8 Å². The summed E-state index contributed by atoms with van der Waals surface area (Å²) < 4.78 is 5.83. The van der Waals surface area contributed by atoms with Crippen LogP contribution in [0.25, 0.3) is 0 Å². The van der Waals surface area contributed by atoms with Crippen LogP contribution >= 0.6 is 11.6 Å². The second kappa shape index (κ2) is 11.2. The standard InChI is InChI=1S/C27H29ClN8O3/c28-22-24(30)33-23(29)21(32-22)25(38)34-26-31-16-27(35-26)10-12-36(13-11-27)20(37)14-17-6-8-19(9-7-17)39-15-18-4-2-1-3-5-18/h1-9H,10-16H2,(H4,29,30,33)(H2,31,34,35,38). The molecule has 0 bridgehead atoms. The molecule has 3 aromatic rings. The zero-order chi connectivity index (χ0) is 27.4. The van der Waals surface area contributed by atoms with Gasteiger partial charge >= 0.3 is 5.91 Å². The Bertz CT molecular complexity index is 1390. The van der Waals surface area contributed by atoms with Crippen LogP contribution in [0.1, 0.15) is 34.5 Å². The van der Waals surface area contributed by atoms with Gasteiger partial charge in [-0.05, 0) is 36.1 Å². The summed E-state index contributed by atoms with van der Waals surface area (Å²) in [7, 11) is 0. The van der Waals surface area contributed by atoms with Gasteiger partial charge < -0.3 is 31.7 Å². The summed E-state index contributed by atoms with van der Waals surface area (Å²) in [6.45, 7) is 2.27. The van der Waals surface area contributed by atoms with Crippen molar-refractivity contribution in [2.45, 2.75) is 31.4 Å². The second-order valence-corrected chi connectivity index (χ2v) is 9.99. The number of aliphatic imine (C=N–C) groups is 1. The fourth-order valence-electron chi connectivity index (χ4n) is 4.63. The number of carbonyl (C=O) groups is 2. The van der Waals surface area contributed by atoms with Crippen molar-refractivity contribution in [1.29, 1.82) is 0 Å². The molecule has 2 aliphatic heterocycles. The van der Waals surface area contributed by atoms with Gasteiger partial charge in [-0.1, -0.05) is 54.1 Å². The number of piperidine rings is 1. The molecule has 39 heavy (non-hydrogen) atoms. The van der Waals surface area contributed by atoms with Crippen molar-refractivity contribution in [1.82, 2.24) is 25.5 Å². The summed E-state index contributed by atoms with van der Waals surface area (Å²) in [5.74, 6) is 0.286. The van der Waals surface area contributed by atoms with Crippen LogP contribution in [0, 0.1) is 0 Å². The number of amides is 2. The molecule has 0 unspecified atom stereocenters. The molecule has 6 N–H and O–H groups in total. The van der Waals surface area contributed by atoms with Crippen molar-refractivity contribution >= 4 is 41.0 Å². The van der Waals surface area contributed by atoms with Gasteiger partial charge in [0, 0.05) is 19.6 Å². The molecule has 12 heteroatoms. The van der Waals surface area contributed by atoms with Crippen LogP contribution in [0.3, 0.4) is 0 Å². The molecule has 2 aromatic carbocycles. The Hall–Kier alpha value is -4.38. The van der Waals surface area contributed by atoms with Gasteiger partial charge in [0.05, 0.1) is 12.0 Å². The molecular formula is C27H29ClN8O3. The Morgan fingerprint density at radius 1 is 1.00 bits per heavy atom. The molecule has 0 saturated carbocycles. The summed E-state index contributed by atoms with van der Waals surface area (Å²) in [5.41, 5.74) is 12.9. The van der Waals surface area contributed by atoms with Crippen molar-refractivity contribution in [2.24, 2.45) is 4.99 Å². The molecule has 1 spiro atoms. The number of halogens is 1. The van der Waals surface area contributed by atoms with Gasteiger partial charge in [-0.2, -0.15) is 4.99 Å². The molecule has 1 aromatic heterocycles. The Kier molecular flexibility index (Phi) is 7.51. The number of hydrogen-bond donors (Lipinski definition) is 4. The van der Waals surface area contributed by atoms with E-state index in [1.807, 2.05) is 59.5 Å². The third kappa shape index (κ3) is 6.20. The van der Waals surface area contributed by atoms with Crippen molar-refractivity contribution in [2.75, 3.05) is 31.1 Å². The van der Waals surface area contributed by atoms with E-state index in [0.717, 1.165) is 16.9 Å². The molecule has 0 atom stereocenters. The maximum atomic E-state index is 13.0. The maximum absolute atomic E-state index is 13.0. The minimum Gasteiger partial charge on any atom is -0.489 e. The number of nitrogens with zero attached hydrogens (tertiary/aromatic N) is 4. The maximum Gasteiger partial charge on any atom is 0.302 e. The zero-order valence-electron chi connectivity index (χ0n) is 21.2. The fourth-order valence-corrected chi connectivity index (χ4v) is 4.76. The molecule has 3 heterocycles. The van der Waals surface area contributed by atoms with E-state index in [4.69, 9.17) is 27.8 Å². The Balaban J connectivity index is 1.11. The number of carbonyl (C=O) groups excluding carboxylic acids is 2. The van der Waals surface area contributed by atoms with E-state index in [1.165, 1.54) is 0 Å². The second-order valence-electron chi connectivity index (χ2n) is 9.63. The molecule has 2 amide bonds. The number of hydrogen-bond acceptors (Lipinski definition) is 7. The molecule has 2 fully saturated rings. The van der Waals surface area contributed by atoms with E-state index in [2.05, 4.69) is 25.6 Å². The first-order valence-electron chi connectivity index (χ1n) is 12.6. The normalized spacial score (nSPS) is 17.1. The highest BCUT2D eigenvalue weighted by atomic mass is 35.5. The number of ether oxygens (including phenoxy) is 1. The SMILES string of the molecule is Nc1nc(N)c(C(=O)/N=C2\NCC3(CCN(C(=O)Cc4ccc(OCc5ccccc5)cc4)CC3)N2)nc1Cl. The lowest BCUT2D eigenvalue weighted by Gasteiger charge is -2.38. The van der Waals surface area contributed by atoms with Gasteiger partial charge in [0.1, 0.15) is 12.4 Å². The van der Waals surface area contributed by atoms with Gasteiger partial charge in [0.25, 0.3) is 0 Å². The van der Waals surface area contributed by atoms with Crippen LogP contribution in [0.15, 0.2) is 59.6 Å². The lowest BCUT2D eigenvalue weighted by molar-refractivity contribution is -0.132. The van der Waals surface area contributed by atoms with E-state index < -0.39 is 5.91 Å². The summed E-state index contributed by atoms with van der Waals surface area (Å²) >= 11 is 5.87. The van der Waals surface area contributed by atoms with E-state index in [1.54, 1.807) is 0 Å². The Labute approximate surface area is 230 Å². The largest absolute Gasteiger partial charge is 0.489 e. The number of rotatable bonds is 6. The molecule has 202 valence electrons. The highest BCUT2D eigenvalue weighted by Gasteiger charge is 2.40. The van der Waals surface area contributed by atoms with Crippen LogP contribution in [0.5, 0.6) is 5.75 Å². The monoisotopic (exact) mass is 548 g/mol. The zero-order valence-corrected chi connectivity index (χ0v) is 21.9. The fraction of sp³-hybridized carbons (Fsp3) is 0.296. The molecule has 11 nitrogen and oxygen atoms in total. The topological polar surface area (TPSA) is 161 Å². The minimum atomic E-state index is -0.682. The first kappa shape index (κ1) is 26.2. The van der Waals surface area contributed by atoms with Crippen molar-refractivity contribution in [3.8, 4) is 5.75 Å².